The van der Waals surface area contributed by atoms with E-state index >= 15 is 0 Å². The number of esters is 1. The Balaban J connectivity index is 2.84. The highest BCUT2D eigenvalue weighted by Gasteiger charge is 2.42. The van der Waals surface area contributed by atoms with E-state index in [4.69, 9.17) is 4.74 Å². The summed E-state index contributed by atoms with van der Waals surface area (Å²) in [5, 5.41) is 3.37. The van der Waals surface area contributed by atoms with E-state index in [9.17, 15) is 9.59 Å². The van der Waals surface area contributed by atoms with Gasteiger partial charge in [-0.2, -0.15) is 0 Å². The fraction of sp³-hybridized carbons (Fsp3) is 0.833. The van der Waals surface area contributed by atoms with Gasteiger partial charge in [0.15, 0.2) is 0 Å². The highest BCUT2D eigenvalue weighted by Crippen LogP contribution is 2.21. The lowest BCUT2D eigenvalue weighted by atomic mass is 10.0. The molecule has 0 spiro atoms. The third-order valence-electron chi connectivity index (χ3n) is 2.86. The lowest BCUT2D eigenvalue weighted by molar-refractivity contribution is -0.151. The van der Waals surface area contributed by atoms with Crippen LogP contribution in [-0.4, -0.2) is 48.1 Å². The Bertz CT molecular complexity index is 309. The number of nitrogens with one attached hydrogen (secondary N) is 1. The number of hydrogen-bond donors (Lipinski definition) is 1. The third kappa shape index (κ3) is 3.43. The minimum atomic E-state index is -0.503. The Morgan fingerprint density at radius 3 is 2.35 bits per heavy atom. The molecule has 1 saturated heterocycles. The van der Waals surface area contributed by atoms with Crippen LogP contribution in [0.4, 0.5) is 0 Å². The summed E-state index contributed by atoms with van der Waals surface area (Å²) >= 11 is 0. The minimum absolute atomic E-state index is 0.0358. The smallest absolute Gasteiger partial charge is 0.330 e. The Morgan fingerprint density at radius 1 is 1.35 bits per heavy atom. The lowest BCUT2D eigenvalue weighted by Crippen LogP contribution is -2.54. The van der Waals surface area contributed by atoms with E-state index in [-0.39, 0.29) is 23.5 Å². The van der Waals surface area contributed by atoms with E-state index in [0.717, 1.165) is 6.42 Å². The molecule has 5 nitrogen and oxygen atoms in total. The van der Waals surface area contributed by atoms with Crippen LogP contribution in [0, 0.1) is 0 Å². The van der Waals surface area contributed by atoms with Gasteiger partial charge in [0.25, 0.3) is 0 Å². The van der Waals surface area contributed by atoms with Crippen molar-refractivity contribution < 1.29 is 14.3 Å². The van der Waals surface area contributed by atoms with Crippen LogP contribution in [0.3, 0.4) is 0 Å². The zero-order valence-electron chi connectivity index (χ0n) is 11.2. The summed E-state index contributed by atoms with van der Waals surface area (Å²) in [6.45, 7) is 8.20. The number of carbonyl (C=O) groups excluding carboxylic acids is 2. The van der Waals surface area contributed by atoms with E-state index in [2.05, 4.69) is 5.32 Å². The first-order valence-corrected chi connectivity index (χ1v) is 5.89. The maximum atomic E-state index is 11.8. The number of methoxy groups -OCH3 is 1. The van der Waals surface area contributed by atoms with Crippen molar-refractivity contribution in [3.05, 3.63) is 0 Å². The van der Waals surface area contributed by atoms with Crippen molar-refractivity contribution in [3.63, 3.8) is 0 Å². The first kappa shape index (κ1) is 14.0. The standard InChI is InChI=1S/C12H22N2O3/c1-8(15)14-7-6-9(13-12(2,3)4)10(14)11(16)17-5/h9-10,13H,6-7H2,1-5H3. The summed E-state index contributed by atoms with van der Waals surface area (Å²) in [6.07, 6.45) is 0.774. The Morgan fingerprint density at radius 2 is 1.94 bits per heavy atom. The van der Waals surface area contributed by atoms with Crippen molar-refractivity contribution in [2.45, 2.75) is 51.7 Å². The molecule has 1 fully saturated rings. The monoisotopic (exact) mass is 242 g/mol. The van der Waals surface area contributed by atoms with Crippen LogP contribution in [0.15, 0.2) is 0 Å². The van der Waals surface area contributed by atoms with Gasteiger partial charge in [0.05, 0.1) is 7.11 Å². The molecule has 1 N–H and O–H groups in total. The van der Waals surface area contributed by atoms with Crippen molar-refractivity contribution in [2.24, 2.45) is 0 Å². The highest BCUT2D eigenvalue weighted by atomic mass is 16.5. The Hall–Kier alpha value is -1.10. The second kappa shape index (κ2) is 5.04. The van der Waals surface area contributed by atoms with Crippen LogP contribution in [0.25, 0.3) is 0 Å². The molecule has 17 heavy (non-hydrogen) atoms. The van der Waals surface area contributed by atoms with Crippen LogP contribution >= 0.6 is 0 Å². The SMILES string of the molecule is COC(=O)C1C(NC(C)(C)C)CCN1C(C)=O. The second-order valence-corrected chi connectivity index (χ2v) is 5.47. The van der Waals surface area contributed by atoms with Crippen LogP contribution in [-0.2, 0) is 14.3 Å². The van der Waals surface area contributed by atoms with Gasteiger partial charge in [-0.3, -0.25) is 4.79 Å². The number of rotatable bonds is 2. The van der Waals surface area contributed by atoms with E-state index in [0.29, 0.717) is 6.54 Å². The summed E-state index contributed by atoms with van der Waals surface area (Å²) in [5.41, 5.74) is -0.0935. The van der Waals surface area contributed by atoms with E-state index in [1.54, 1.807) is 4.90 Å². The summed E-state index contributed by atoms with van der Waals surface area (Å²) < 4.78 is 4.79. The molecule has 0 radical (unpaired) electrons. The van der Waals surface area contributed by atoms with Gasteiger partial charge in [0.2, 0.25) is 5.91 Å². The fourth-order valence-corrected chi connectivity index (χ4v) is 2.27. The molecule has 0 aromatic rings. The summed E-state index contributed by atoms with van der Waals surface area (Å²) in [5.74, 6) is -0.432. The summed E-state index contributed by atoms with van der Waals surface area (Å²) in [6, 6.07) is -0.539. The predicted octanol–water partition coefficient (Wildman–Crippen LogP) is 0.537. The fourth-order valence-electron chi connectivity index (χ4n) is 2.27. The van der Waals surface area contributed by atoms with Gasteiger partial charge < -0.3 is 15.0 Å². The van der Waals surface area contributed by atoms with Crippen LogP contribution in [0.5, 0.6) is 0 Å². The van der Waals surface area contributed by atoms with Crippen LogP contribution < -0.4 is 5.32 Å². The quantitative estimate of drug-likeness (QED) is 0.718. The van der Waals surface area contributed by atoms with Crippen molar-refractivity contribution in [2.75, 3.05) is 13.7 Å². The number of amides is 1. The van der Waals surface area contributed by atoms with Gasteiger partial charge in [-0.1, -0.05) is 0 Å². The zero-order chi connectivity index (χ0) is 13.2. The first-order valence-electron chi connectivity index (χ1n) is 5.89. The molecule has 0 aromatic carbocycles. The van der Waals surface area contributed by atoms with Gasteiger partial charge in [-0.05, 0) is 27.2 Å². The predicted molar refractivity (Wildman–Crippen MR) is 64.5 cm³/mol. The second-order valence-electron chi connectivity index (χ2n) is 5.47. The average Bonchev–Trinajstić information content (AvgIpc) is 2.57. The molecular formula is C12H22N2O3. The molecule has 0 saturated carbocycles. The van der Waals surface area contributed by atoms with Gasteiger partial charge in [0.1, 0.15) is 6.04 Å². The largest absolute Gasteiger partial charge is 0.467 e. The first-order chi connectivity index (χ1) is 7.76. The van der Waals surface area contributed by atoms with Crippen molar-refractivity contribution >= 4 is 11.9 Å². The maximum Gasteiger partial charge on any atom is 0.330 e. The van der Waals surface area contributed by atoms with Crippen LogP contribution in [0.2, 0.25) is 0 Å². The number of nitrogens with zero attached hydrogens (tertiary/aromatic N) is 1. The van der Waals surface area contributed by atoms with Crippen molar-refractivity contribution in [1.29, 1.82) is 0 Å². The molecular weight excluding hydrogens is 220 g/mol. The van der Waals surface area contributed by atoms with Gasteiger partial charge in [-0.25, -0.2) is 4.79 Å². The molecule has 1 rings (SSSR count). The molecule has 98 valence electrons. The third-order valence-corrected chi connectivity index (χ3v) is 2.86. The Kier molecular flexibility index (Phi) is 4.14. The van der Waals surface area contributed by atoms with Crippen molar-refractivity contribution in [3.8, 4) is 0 Å². The normalized spacial score (nSPS) is 24.9. The highest BCUT2D eigenvalue weighted by molar-refractivity contribution is 5.84. The number of hydrogen-bond acceptors (Lipinski definition) is 4. The molecule has 1 aliphatic heterocycles. The van der Waals surface area contributed by atoms with Gasteiger partial charge >= 0.3 is 5.97 Å². The molecule has 2 unspecified atom stereocenters. The molecule has 0 aromatic heterocycles. The number of likely N-dealkylation sites (tertiary alicyclic amines) is 1. The molecule has 1 aliphatic rings. The molecule has 5 heteroatoms. The summed E-state index contributed by atoms with van der Waals surface area (Å²) in [4.78, 5) is 24.8. The number of carbonyl (C=O) groups is 2. The molecule has 1 amide bonds. The average molecular weight is 242 g/mol. The van der Waals surface area contributed by atoms with Gasteiger partial charge in [0, 0.05) is 25.0 Å². The van der Waals surface area contributed by atoms with Gasteiger partial charge in [-0.15, -0.1) is 0 Å². The van der Waals surface area contributed by atoms with E-state index in [1.807, 2.05) is 20.8 Å². The Labute approximate surface area is 102 Å². The molecule has 2 atom stereocenters. The minimum Gasteiger partial charge on any atom is -0.467 e. The van der Waals surface area contributed by atoms with Crippen molar-refractivity contribution in [1.82, 2.24) is 10.2 Å². The van der Waals surface area contributed by atoms with E-state index in [1.165, 1.54) is 14.0 Å². The molecule has 1 heterocycles. The lowest BCUT2D eigenvalue weighted by Gasteiger charge is -2.30. The topological polar surface area (TPSA) is 58.6 Å². The summed E-state index contributed by atoms with van der Waals surface area (Å²) in [7, 11) is 1.35. The number of ether oxygens (including phenoxy) is 1. The van der Waals surface area contributed by atoms with Crippen LogP contribution in [0.1, 0.15) is 34.1 Å². The van der Waals surface area contributed by atoms with E-state index < -0.39 is 6.04 Å². The maximum absolute atomic E-state index is 11.8. The molecule has 0 bridgehead atoms. The zero-order valence-corrected chi connectivity index (χ0v) is 11.2. The molecule has 0 aliphatic carbocycles.